The van der Waals surface area contributed by atoms with Crippen LogP contribution in [-0.2, 0) is 9.47 Å². The molecule has 2 aliphatic rings. The Kier molecular flexibility index (Phi) is 5.90. The molecule has 0 saturated carbocycles. The lowest BCUT2D eigenvalue weighted by molar-refractivity contribution is 0.159. The van der Waals surface area contributed by atoms with Crippen molar-refractivity contribution >= 4 is 11.4 Å². The first-order valence-electron chi connectivity index (χ1n) is 10.8. The molecular weight excluding hydrogens is 421 g/mol. The van der Waals surface area contributed by atoms with Crippen LogP contribution in [0.1, 0.15) is 29.0 Å². The van der Waals surface area contributed by atoms with E-state index in [1.54, 1.807) is 12.4 Å². The second kappa shape index (κ2) is 9.13. The highest BCUT2D eigenvalue weighted by Gasteiger charge is 2.31. The van der Waals surface area contributed by atoms with E-state index in [9.17, 15) is 0 Å². The zero-order valence-electron chi connectivity index (χ0n) is 18.0. The van der Waals surface area contributed by atoms with Crippen molar-refractivity contribution in [3.8, 4) is 22.6 Å². The van der Waals surface area contributed by atoms with E-state index in [1.807, 2.05) is 36.4 Å². The maximum atomic E-state index is 15.3. The van der Waals surface area contributed by atoms with Crippen LogP contribution in [0.2, 0.25) is 0 Å². The van der Waals surface area contributed by atoms with Gasteiger partial charge in [0.2, 0.25) is 0 Å². The zero-order chi connectivity index (χ0) is 22.8. The summed E-state index contributed by atoms with van der Waals surface area (Å²) in [5, 5.41) is 7.49. The number of hydrogen-bond donors (Lipinski definition) is 2. The predicted molar refractivity (Wildman–Crippen MR) is 124 cm³/mol. The van der Waals surface area contributed by atoms with Gasteiger partial charge in [0.1, 0.15) is 18.2 Å². The van der Waals surface area contributed by atoms with Crippen LogP contribution >= 0.6 is 0 Å². The number of halogens is 1. The average Bonchev–Trinajstić information content (AvgIpc) is 2.84. The fourth-order valence-electron chi connectivity index (χ4n) is 4.30. The maximum Gasteiger partial charge on any atom is 0.167 e. The van der Waals surface area contributed by atoms with E-state index in [2.05, 4.69) is 11.1 Å². The first kappa shape index (κ1) is 21.3. The number of benzene rings is 2. The molecule has 7 heteroatoms. The molecule has 1 aromatic heterocycles. The highest BCUT2D eigenvalue weighted by Crippen LogP contribution is 2.47. The summed E-state index contributed by atoms with van der Waals surface area (Å²) in [5.74, 6) is 0.00965. The van der Waals surface area contributed by atoms with Gasteiger partial charge in [-0.15, -0.1) is 0 Å². The van der Waals surface area contributed by atoms with Crippen LogP contribution in [-0.4, -0.2) is 37.2 Å². The summed E-state index contributed by atoms with van der Waals surface area (Å²) in [6, 6.07) is 13.2. The Morgan fingerprint density at radius 2 is 2.03 bits per heavy atom. The molecular formula is C26H24FN3O3. The molecule has 0 aliphatic carbocycles. The van der Waals surface area contributed by atoms with Crippen LogP contribution in [0.4, 0.5) is 4.39 Å². The normalized spacial score (nSPS) is 16.9. The van der Waals surface area contributed by atoms with Crippen molar-refractivity contribution < 1.29 is 18.6 Å². The topological polar surface area (TPSA) is 90.5 Å². The number of nitrogens with zero attached hydrogens (tertiary/aromatic N) is 1. The number of fused-ring (bicyclic) bond motifs is 2. The van der Waals surface area contributed by atoms with E-state index < -0.39 is 5.82 Å². The largest absolute Gasteiger partial charge is 0.454 e. The van der Waals surface area contributed by atoms with Crippen LogP contribution < -0.4 is 10.5 Å². The molecule has 0 amide bonds. The lowest BCUT2D eigenvalue weighted by Crippen LogP contribution is -2.22. The first-order valence-corrected chi connectivity index (χ1v) is 10.8. The summed E-state index contributed by atoms with van der Waals surface area (Å²) in [7, 11) is 0. The minimum Gasteiger partial charge on any atom is -0.454 e. The van der Waals surface area contributed by atoms with Crippen molar-refractivity contribution in [1.82, 2.24) is 4.98 Å². The van der Waals surface area contributed by atoms with Gasteiger partial charge in [-0.1, -0.05) is 18.2 Å². The van der Waals surface area contributed by atoms with Gasteiger partial charge in [0.05, 0.1) is 19.8 Å². The summed E-state index contributed by atoms with van der Waals surface area (Å²) in [6.07, 6.45) is 6.42. The minimum atomic E-state index is -0.424. The molecule has 0 spiro atoms. The number of amidine groups is 1. The fraction of sp³-hybridized carbons (Fsp3) is 0.231. The molecule has 1 unspecified atom stereocenters. The third-order valence-electron chi connectivity index (χ3n) is 5.86. The van der Waals surface area contributed by atoms with Crippen LogP contribution in [0.3, 0.4) is 0 Å². The van der Waals surface area contributed by atoms with Crippen molar-refractivity contribution in [1.29, 1.82) is 5.41 Å². The molecule has 0 saturated heterocycles. The van der Waals surface area contributed by atoms with Gasteiger partial charge in [0.25, 0.3) is 0 Å². The Morgan fingerprint density at radius 3 is 2.79 bits per heavy atom. The van der Waals surface area contributed by atoms with Gasteiger partial charge in [-0.2, -0.15) is 0 Å². The summed E-state index contributed by atoms with van der Waals surface area (Å²) in [6.45, 7) is 1.36. The molecule has 5 rings (SSSR count). The molecule has 0 bridgehead atoms. The Balaban J connectivity index is 1.59. The molecule has 0 radical (unpaired) electrons. The van der Waals surface area contributed by atoms with Crippen molar-refractivity contribution in [3.63, 3.8) is 0 Å². The first-order chi connectivity index (χ1) is 16.1. The Labute approximate surface area is 191 Å². The molecule has 168 valence electrons. The molecule has 3 heterocycles. The Morgan fingerprint density at radius 1 is 1.15 bits per heavy atom. The van der Waals surface area contributed by atoms with Gasteiger partial charge in [-0.05, 0) is 53.5 Å². The van der Waals surface area contributed by atoms with Crippen molar-refractivity contribution in [2.45, 2.75) is 12.3 Å². The van der Waals surface area contributed by atoms with E-state index in [1.165, 1.54) is 6.07 Å². The van der Waals surface area contributed by atoms with E-state index in [0.29, 0.717) is 24.5 Å². The standard InChI is InChI=1S/C26H24FN3O3/c27-23-11-19(18-4-2-8-31-13-18)10-21-22(14-32-15-25(28)29)20-9-16(17-3-1-7-30-12-17)5-6-24(20)33-26(21)23/h1,3-7,9-12,22H,2,8,13-15H2,(H3,28,29). The molecule has 3 N–H and O–H groups in total. The van der Waals surface area contributed by atoms with Crippen molar-refractivity contribution in [3.05, 3.63) is 83.4 Å². The summed E-state index contributed by atoms with van der Waals surface area (Å²) >= 11 is 0. The average molecular weight is 445 g/mol. The summed E-state index contributed by atoms with van der Waals surface area (Å²) < 4.78 is 32.6. The number of nitrogens with one attached hydrogen (secondary N) is 1. The Bertz CT molecular complexity index is 1230. The molecule has 3 aromatic rings. The third-order valence-corrected chi connectivity index (χ3v) is 5.86. The highest BCUT2D eigenvalue weighted by atomic mass is 19.1. The summed E-state index contributed by atoms with van der Waals surface area (Å²) in [4.78, 5) is 4.21. The van der Waals surface area contributed by atoms with Gasteiger partial charge in [0, 0.05) is 35.0 Å². The van der Waals surface area contributed by atoms with Gasteiger partial charge < -0.3 is 19.9 Å². The van der Waals surface area contributed by atoms with Crippen LogP contribution in [0.15, 0.2) is 60.9 Å². The van der Waals surface area contributed by atoms with Gasteiger partial charge in [-0.3, -0.25) is 10.4 Å². The monoisotopic (exact) mass is 445 g/mol. The highest BCUT2D eigenvalue weighted by molar-refractivity contribution is 5.78. The second-order valence-corrected chi connectivity index (χ2v) is 8.14. The number of hydrogen-bond acceptors (Lipinski definition) is 5. The van der Waals surface area contributed by atoms with E-state index >= 15 is 4.39 Å². The van der Waals surface area contributed by atoms with Crippen LogP contribution in [0.5, 0.6) is 11.5 Å². The number of ether oxygens (including phenoxy) is 3. The van der Waals surface area contributed by atoms with Crippen LogP contribution in [0, 0.1) is 11.2 Å². The van der Waals surface area contributed by atoms with Crippen molar-refractivity contribution in [2.24, 2.45) is 5.73 Å². The van der Waals surface area contributed by atoms with E-state index in [0.717, 1.165) is 34.2 Å². The van der Waals surface area contributed by atoms with Crippen molar-refractivity contribution in [2.75, 3.05) is 26.4 Å². The van der Waals surface area contributed by atoms with Crippen LogP contribution in [0.25, 0.3) is 16.7 Å². The smallest absolute Gasteiger partial charge is 0.167 e. The quantitative estimate of drug-likeness (QED) is 0.417. The molecule has 33 heavy (non-hydrogen) atoms. The fourth-order valence-corrected chi connectivity index (χ4v) is 4.30. The second-order valence-electron chi connectivity index (χ2n) is 8.14. The lowest BCUT2D eigenvalue weighted by atomic mass is 9.85. The SMILES string of the molecule is N=C(N)COCC1c2cc(-c3cccnc3)ccc2Oc2c(F)cc(C3=CCCOC3)cc21. The van der Waals surface area contributed by atoms with E-state index in [-0.39, 0.29) is 30.7 Å². The molecule has 2 aliphatic heterocycles. The molecule has 6 nitrogen and oxygen atoms in total. The summed E-state index contributed by atoms with van der Waals surface area (Å²) in [5.41, 5.74) is 10.8. The predicted octanol–water partition coefficient (Wildman–Crippen LogP) is 4.88. The Hall–Kier alpha value is -3.55. The maximum absolute atomic E-state index is 15.3. The zero-order valence-corrected chi connectivity index (χ0v) is 18.0. The third kappa shape index (κ3) is 4.37. The number of nitrogens with two attached hydrogens (primary N) is 1. The van der Waals surface area contributed by atoms with Gasteiger partial charge >= 0.3 is 0 Å². The van der Waals surface area contributed by atoms with E-state index in [4.69, 9.17) is 25.4 Å². The number of rotatable bonds is 6. The molecule has 2 aromatic carbocycles. The van der Waals surface area contributed by atoms with Gasteiger partial charge in [-0.25, -0.2) is 4.39 Å². The minimum absolute atomic E-state index is 0.00544. The molecule has 1 atom stereocenters. The van der Waals surface area contributed by atoms with Gasteiger partial charge in [0.15, 0.2) is 11.6 Å². The lowest BCUT2D eigenvalue weighted by Gasteiger charge is -2.30. The number of aromatic nitrogens is 1. The number of pyridine rings is 1. The molecule has 0 fully saturated rings.